The van der Waals surface area contributed by atoms with Gasteiger partial charge in [0.15, 0.2) is 0 Å². The van der Waals surface area contributed by atoms with Gasteiger partial charge in [-0.15, -0.1) is 0 Å². The van der Waals surface area contributed by atoms with Gasteiger partial charge in [-0.2, -0.15) is 0 Å². The second-order valence-corrected chi connectivity index (χ2v) is 2.37. The van der Waals surface area contributed by atoms with Gasteiger partial charge in [-0.3, -0.25) is 0 Å². The summed E-state index contributed by atoms with van der Waals surface area (Å²) < 4.78 is 0. The van der Waals surface area contributed by atoms with E-state index in [9.17, 15) is 0 Å². The van der Waals surface area contributed by atoms with Crippen LogP contribution in [-0.2, 0) is 26.2 Å². The van der Waals surface area contributed by atoms with Crippen LogP contribution in [0.1, 0.15) is 19.8 Å². The van der Waals surface area contributed by atoms with Crippen molar-refractivity contribution in [3.8, 4) is 0 Å². The van der Waals surface area contributed by atoms with Gasteiger partial charge in [-0.25, -0.2) is 0 Å². The summed E-state index contributed by atoms with van der Waals surface area (Å²) in [7, 11) is 0. The zero-order valence-electron chi connectivity index (χ0n) is 7.36. The monoisotopic (exact) mass is 319 g/mol. The van der Waals surface area contributed by atoms with Crippen molar-refractivity contribution in [2.24, 2.45) is 0 Å². The molecule has 75 valence electrons. The van der Waals surface area contributed by atoms with Crippen molar-refractivity contribution in [2.75, 3.05) is 6.61 Å². The van der Waals surface area contributed by atoms with Crippen LogP contribution >= 0.6 is 0 Å². The standard InChI is InChI=1S/C8H12O.3ClH.Zr/c1-7-3-2-4-8(7)5-6-9;;;;/h2-3,9H,4-6H2,1H3;3*1H;/q;;;;+3/p-3. The van der Waals surface area contributed by atoms with Crippen LogP contribution in [0.2, 0.25) is 0 Å². The Labute approximate surface area is 117 Å². The van der Waals surface area contributed by atoms with E-state index in [1.165, 1.54) is 11.1 Å². The van der Waals surface area contributed by atoms with Gasteiger partial charge in [0.25, 0.3) is 0 Å². The summed E-state index contributed by atoms with van der Waals surface area (Å²) in [5, 5.41) is 8.58. The molecule has 1 rings (SSSR count). The Morgan fingerprint density at radius 3 is 2.15 bits per heavy atom. The van der Waals surface area contributed by atoms with Crippen molar-refractivity contribution in [3.63, 3.8) is 0 Å². The Balaban J connectivity index is -0.000000101. The van der Waals surface area contributed by atoms with Crippen LogP contribution in [0.25, 0.3) is 0 Å². The Kier molecular flexibility index (Phi) is 24.1. The summed E-state index contributed by atoms with van der Waals surface area (Å²) in [4.78, 5) is 0. The first-order chi connectivity index (χ1) is 4.34. The zero-order chi connectivity index (χ0) is 6.69. The smallest absolute Gasteiger partial charge is 1.00 e. The molecule has 0 unspecified atom stereocenters. The van der Waals surface area contributed by atoms with Gasteiger partial charge in [-0.05, 0) is 19.8 Å². The third-order valence-electron chi connectivity index (χ3n) is 1.70. The molecule has 1 aliphatic carbocycles. The number of hydrogen-bond acceptors (Lipinski definition) is 1. The molecular weight excluding hydrogens is 310 g/mol. The summed E-state index contributed by atoms with van der Waals surface area (Å²) in [5.41, 5.74) is 2.72. The van der Waals surface area contributed by atoms with Crippen molar-refractivity contribution in [3.05, 3.63) is 23.3 Å². The van der Waals surface area contributed by atoms with Crippen LogP contribution in [0.15, 0.2) is 23.3 Å². The van der Waals surface area contributed by atoms with Crippen molar-refractivity contribution in [1.29, 1.82) is 0 Å². The Bertz CT molecular complexity index is 169. The van der Waals surface area contributed by atoms with E-state index in [2.05, 4.69) is 19.1 Å². The van der Waals surface area contributed by atoms with Crippen LogP contribution in [0.3, 0.4) is 0 Å². The number of halogens is 3. The third-order valence-corrected chi connectivity index (χ3v) is 1.70. The van der Waals surface area contributed by atoms with E-state index < -0.39 is 0 Å². The number of rotatable bonds is 2. The minimum Gasteiger partial charge on any atom is -1.00 e. The topological polar surface area (TPSA) is 20.2 Å². The molecule has 0 amide bonds. The molecule has 0 aromatic carbocycles. The minimum atomic E-state index is 0. The molecule has 1 N–H and O–H groups in total. The van der Waals surface area contributed by atoms with Gasteiger partial charge in [-0.1, -0.05) is 23.3 Å². The summed E-state index contributed by atoms with van der Waals surface area (Å²) in [6.45, 7) is 2.38. The fourth-order valence-corrected chi connectivity index (χ4v) is 1.09. The molecular formula is C8H12Cl3OZr. The Hall–Kier alpha value is 1.19. The predicted octanol–water partition coefficient (Wildman–Crippen LogP) is -7.35. The van der Waals surface area contributed by atoms with Gasteiger partial charge in [0.2, 0.25) is 0 Å². The van der Waals surface area contributed by atoms with Crippen LogP contribution in [-0.4, -0.2) is 11.7 Å². The van der Waals surface area contributed by atoms with Crippen LogP contribution in [0.4, 0.5) is 0 Å². The molecule has 1 radical (unpaired) electrons. The molecule has 1 aliphatic rings. The second-order valence-electron chi connectivity index (χ2n) is 2.37. The first-order valence-electron chi connectivity index (χ1n) is 3.30. The van der Waals surface area contributed by atoms with Crippen molar-refractivity contribution in [1.82, 2.24) is 0 Å². The third kappa shape index (κ3) is 8.21. The van der Waals surface area contributed by atoms with E-state index in [0.717, 1.165) is 12.8 Å². The zero-order valence-corrected chi connectivity index (χ0v) is 12.1. The molecule has 13 heavy (non-hydrogen) atoms. The number of aliphatic hydroxyl groups is 1. The molecule has 0 aliphatic heterocycles. The van der Waals surface area contributed by atoms with Crippen molar-refractivity contribution >= 4 is 0 Å². The molecule has 0 aromatic rings. The van der Waals surface area contributed by atoms with Crippen molar-refractivity contribution in [2.45, 2.75) is 19.8 Å². The molecule has 0 saturated carbocycles. The van der Waals surface area contributed by atoms with E-state index in [-0.39, 0.29) is 70.0 Å². The maximum Gasteiger partial charge on any atom is 3.00 e. The SMILES string of the molecule is CC1=C(CCO)CC=C1.[Cl-].[Cl-].[Cl-].[Zr+3]. The minimum absolute atomic E-state index is 0. The molecule has 0 fully saturated rings. The Morgan fingerprint density at radius 1 is 1.31 bits per heavy atom. The molecule has 0 heterocycles. The molecule has 0 spiro atoms. The second kappa shape index (κ2) is 13.2. The van der Waals surface area contributed by atoms with Crippen LogP contribution in [0.5, 0.6) is 0 Å². The van der Waals surface area contributed by atoms with Gasteiger partial charge in [0.05, 0.1) is 0 Å². The fraction of sp³-hybridized carbons (Fsp3) is 0.500. The summed E-state index contributed by atoms with van der Waals surface area (Å²) >= 11 is 0. The van der Waals surface area contributed by atoms with E-state index in [1.54, 1.807) is 0 Å². The van der Waals surface area contributed by atoms with Gasteiger partial charge in [0.1, 0.15) is 0 Å². The normalized spacial score (nSPS) is 12.2. The molecule has 1 nitrogen and oxygen atoms in total. The average Bonchev–Trinajstić information content (AvgIpc) is 2.18. The number of hydrogen-bond donors (Lipinski definition) is 1. The largest absolute Gasteiger partial charge is 3.00 e. The summed E-state index contributed by atoms with van der Waals surface area (Å²) in [6.07, 6.45) is 6.15. The quantitative estimate of drug-likeness (QED) is 0.536. The molecule has 0 aromatic heterocycles. The van der Waals surface area contributed by atoms with Gasteiger partial charge in [0, 0.05) is 6.61 Å². The maximum atomic E-state index is 8.58. The van der Waals surface area contributed by atoms with E-state index in [1.807, 2.05) is 0 Å². The molecule has 0 saturated heterocycles. The first-order valence-corrected chi connectivity index (χ1v) is 3.30. The number of aliphatic hydroxyl groups excluding tert-OH is 1. The maximum absolute atomic E-state index is 8.58. The van der Waals surface area contributed by atoms with Crippen LogP contribution < -0.4 is 37.2 Å². The average molecular weight is 322 g/mol. The summed E-state index contributed by atoms with van der Waals surface area (Å²) in [5.74, 6) is 0. The number of allylic oxidation sites excluding steroid dienone is 3. The fourth-order valence-electron chi connectivity index (χ4n) is 1.09. The first kappa shape index (κ1) is 23.8. The molecule has 5 heteroatoms. The van der Waals surface area contributed by atoms with E-state index in [0.29, 0.717) is 0 Å². The van der Waals surface area contributed by atoms with Gasteiger partial charge >= 0.3 is 26.2 Å². The molecule has 0 atom stereocenters. The van der Waals surface area contributed by atoms with Crippen LogP contribution in [0, 0.1) is 0 Å². The predicted molar refractivity (Wildman–Crippen MR) is 38.2 cm³/mol. The Morgan fingerprint density at radius 2 is 1.85 bits per heavy atom. The van der Waals surface area contributed by atoms with E-state index >= 15 is 0 Å². The van der Waals surface area contributed by atoms with Gasteiger partial charge < -0.3 is 42.3 Å². The van der Waals surface area contributed by atoms with E-state index in [4.69, 9.17) is 5.11 Å². The summed E-state index contributed by atoms with van der Waals surface area (Å²) in [6, 6.07) is 0. The molecule has 0 bridgehead atoms. The van der Waals surface area contributed by atoms with Crippen molar-refractivity contribution < 1.29 is 68.5 Å².